The summed E-state index contributed by atoms with van der Waals surface area (Å²) in [5.74, 6) is -0.998. The molecular formula is C17H21NO4. The van der Waals surface area contributed by atoms with Gasteiger partial charge in [-0.15, -0.1) is 0 Å². The van der Waals surface area contributed by atoms with Gasteiger partial charge in [0.15, 0.2) is 0 Å². The lowest BCUT2D eigenvalue weighted by molar-refractivity contribution is -0.141. The minimum atomic E-state index is -0.785. The highest BCUT2D eigenvalue weighted by molar-refractivity contribution is 5.81. The van der Waals surface area contributed by atoms with Crippen molar-refractivity contribution in [2.45, 2.75) is 44.7 Å². The average molecular weight is 303 g/mol. The molecule has 2 N–H and O–H groups in total. The van der Waals surface area contributed by atoms with Gasteiger partial charge < -0.3 is 15.1 Å². The molecule has 0 radical (unpaired) electrons. The molecule has 2 atom stereocenters. The molecule has 0 saturated heterocycles. The fourth-order valence-electron chi connectivity index (χ4n) is 3.24. The first kappa shape index (κ1) is 14.9. The number of aliphatic carboxylic acids is 1. The molecule has 0 aromatic heterocycles. The van der Waals surface area contributed by atoms with Crippen molar-refractivity contribution >= 4 is 11.9 Å². The number of carbonyl (C=O) groups excluding carboxylic acids is 1. The van der Waals surface area contributed by atoms with Crippen molar-refractivity contribution in [3.05, 3.63) is 29.8 Å². The summed E-state index contributed by atoms with van der Waals surface area (Å²) >= 11 is 0. The molecule has 2 aliphatic carbocycles. The zero-order valence-electron chi connectivity index (χ0n) is 12.4. The Hall–Kier alpha value is -2.04. The lowest BCUT2D eigenvalue weighted by atomic mass is 10.0. The van der Waals surface area contributed by atoms with E-state index < -0.39 is 5.97 Å². The number of carboxylic acid groups (broad SMARTS) is 1. The minimum Gasteiger partial charge on any atom is -0.508 e. The van der Waals surface area contributed by atoms with Gasteiger partial charge in [-0.2, -0.15) is 0 Å². The molecule has 118 valence electrons. The number of phenolic OH excluding ortho intramolecular Hbond substituents is 1. The van der Waals surface area contributed by atoms with Crippen LogP contribution in [-0.2, 0) is 16.1 Å². The molecule has 5 heteroatoms. The molecule has 5 nitrogen and oxygen atoms in total. The average Bonchev–Trinajstić information content (AvgIpc) is 3.21. The molecule has 0 unspecified atom stereocenters. The van der Waals surface area contributed by atoms with Crippen LogP contribution in [-0.4, -0.2) is 33.0 Å². The van der Waals surface area contributed by atoms with Crippen LogP contribution in [0, 0.1) is 11.8 Å². The zero-order chi connectivity index (χ0) is 15.7. The number of amides is 1. The Kier molecular flexibility index (Phi) is 4.05. The van der Waals surface area contributed by atoms with E-state index in [1.807, 2.05) is 17.0 Å². The Balaban J connectivity index is 1.67. The van der Waals surface area contributed by atoms with Crippen molar-refractivity contribution in [2.75, 3.05) is 0 Å². The normalized spacial score (nSPS) is 24.2. The van der Waals surface area contributed by atoms with Gasteiger partial charge in [-0.25, -0.2) is 0 Å². The van der Waals surface area contributed by atoms with Crippen LogP contribution in [0.3, 0.4) is 0 Å². The van der Waals surface area contributed by atoms with Crippen LogP contribution in [0.5, 0.6) is 5.75 Å². The molecule has 3 rings (SSSR count). The first-order valence-electron chi connectivity index (χ1n) is 7.86. The first-order valence-corrected chi connectivity index (χ1v) is 7.86. The summed E-state index contributed by atoms with van der Waals surface area (Å²) in [5, 5.41) is 18.4. The zero-order valence-corrected chi connectivity index (χ0v) is 12.4. The summed E-state index contributed by atoms with van der Waals surface area (Å²) in [4.78, 5) is 25.7. The predicted molar refractivity (Wildman–Crippen MR) is 80.1 cm³/mol. The van der Waals surface area contributed by atoms with E-state index >= 15 is 0 Å². The number of rotatable bonds is 5. The summed E-state index contributed by atoms with van der Waals surface area (Å²) in [6, 6.07) is 7.20. The van der Waals surface area contributed by atoms with Gasteiger partial charge in [-0.05, 0) is 49.8 Å². The van der Waals surface area contributed by atoms with Crippen LogP contribution in [0.4, 0.5) is 0 Å². The molecule has 1 amide bonds. The van der Waals surface area contributed by atoms with Gasteiger partial charge in [0.2, 0.25) is 5.91 Å². The molecule has 2 saturated carbocycles. The molecule has 1 aromatic rings. The summed E-state index contributed by atoms with van der Waals surface area (Å²) in [6.45, 7) is 0.540. The third-order valence-corrected chi connectivity index (χ3v) is 4.69. The number of phenols is 1. The minimum absolute atomic E-state index is 0.0966. The van der Waals surface area contributed by atoms with Gasteiger partial charge in [0, 0.05) is 18.5 Å². The number of aromatic hydroxyl groups is 1. The van der Waals surface area contributed by atoms with Crippen LogP contribution < -0.4 is 0 Å². The largest absolute Gasteiger partial charge is 0.508 e. The Morgan fingerprint density at radius 3 is 2.23 bits per heavy atom. The molecule has 0 spiro atoms. The Bertz CT molecular complexity index is 565. The van der Waals surface area contributed by atoms with Crippen molar-refractivity contribution in [2.24, 2.45) is 11.8 Å². The third-order valence-electron chi connectivity index (χ3n) is 4.69. The molecule has 2 fully saturated rings. The lowest BCUT2D eigenvalue weighted by Crippen LogP contribution is -2.36. The van der Waals surface area contributed by atoms with Crippen LogP contribution in [0.15, 0.2) is 24.3 Å². The number of carboxylic acids is 1. The number of nitrogens with zero attached hydrogens (tertiary/aromatic N) is 1. The highest BCUT2D eigenvalue weighted by atomic mass is 16.4. The van der Waals surface area contributed by atoms with Crippen LogP contribution in [0.2, 0.25) is 0 Å². The monoisotopic (exact) mass is 303 g/mol. The van der Waals surface area contributed by atoms with Gasteiger partial charge in [0.05, 0.1) is 5.92 Å². The van der Waals surface area contributed by atoms with E-state index in [1.54, 1.807) is 12.1 Å². The smallest absolute Gasteiger partial charge is 0.306 e. The van der Waals surface area contributed by atoms with Crippen LogP contribution >= 0.6 is 0 Å². The van der Waals surface area contributed by atoms with Crippen LogP contribution in [0.1, 0.15) is 37.7 Å². The van der Waals surface area contributed by atoms with Crippen molar-refractivity contribution in [1.29, 1.82) is 0 Å². The van der Waals surface area contributed by atoms with E-state index in [4.69, 9.17) is 5.11 Å². The maximum atomic E-state index is 12.8. The highest BCUT2D eigenvalue weighted by Crippen LogP contribution is 2.36. The van der Waals surface area contributed by atoms with Gasteiger partial charge in [0.25, 0.3) is 0 Å². The molecular weight excluding hydrogens is 282 g/mol. The maximum Gasteiger partial charge on any atom is 0.306 e. The van der Waals surface area contributed by atoms with Gasteiger partial charge in [-0.3, -0.25) is 9.59 Å². The number of benzene rings is 1. The molecule has 0 bridgehead atoms. The van der Waals surface area contributed by atoms with Gasteiger partial charge in [-0.1, -0.05) is 12.1 Å². The van der Waals surface area contributed by atoms with Crippen molar-refractivity contribution in [1.82, 2.24) is 4.90 Å². The highest BCUT2D eigenvalue weighted by Gasteiger charge is 2.40. The molecule has 0 aliphatic heterocycles. The summed E-state index contributed by atoms with van der Waals surface area (Å²) < 4.78 is 0. The fraction of sp³-hybridized carbons (Fsp3) is 0.529. The fourth-order valence-corrected chi connectivity index (χ4v) is 3.24. The summed E-state index contributed by atoms with van der Waals surface area (Å²) in [6.07, 6.45) is 3.79. The first-order chi connectivity index (χ1) is 10.5. The second kappa shape index (κ2) is 5.99. The Labute approximate surface area is 129 Å². The van der Waals surface area contributed by atoms with E-state index in [2.05, 4.69) is 0 Å². The van der Waals surface area contributed by atoms with Crippen molar-refractivity contribution in [3.63, 3.8) is 0 Å². The summed E-state index contributed by atoms with van der Waals surface area (Å²) in [5.41, 5.74) is 0.992. The van der Waals surface area contributed by atoms with Gasteiger partial charge in [0.1, 0.15) is 5.75 Å². The number of hydrogen-bond acceptors (Lipinski definition) is 3. The molecule has 0 heterocycles. The standard InChI is InChI=1S/C17H21NO4/c19-15-7-1-11(2-8-15)10-18(14-5-6-14)16(20)12-3-4-13(9-12)17(21)22/h1-2,7-8,12-14,19H,3-6,9-10H2,(H,21,22)/t12-,13+/m0/s1. The quantitative estimate of drug-likeness (QED) is 0.875. The second-order valence-corrected chi connectivity index (χ2v) is 6.41. The Morgan fingerprint density at radius 1 is 1.05 bits per heavy atom. The maximum absolute atomic E-state index is 12.8. The van der Waals surface area contributed by atoms with Crippen LogP contribution in [0.25, 0.3) is 0 Å². The molecule has 1 aromatic carbocycles. The van der Waals surface area contributed by atoms with E-state index in [-0.39, 0.29) is 23.5 Å². The molecule has 22 heavy (non-hydrogen) atoms. The topological polar surface area (TPSA) is 77.8 Å². The lowest BCUT2D eigenvalue weighted by Gasteiger charge is -2.26. The van der Waals surface area contributed by atoms with E-state index in [0.717, 1.165) is 18.4 Å². The molecule has 2 aliphatic rings. The third kappa shape index (κ3) is 3.24. The Morgan fingerprint density at radius 2 is 1.68 bits per heavy atom. The SMILES string of the molecule is O=C(O)[C@@H]1CC[C@H](C(=O)N(Cc2ccc(O)cc2)C2CC2)C1. The summed E-state index contributed by atoms with van der Waals surface area (Å²) in [7, 11) is 0. The number of hydrogen-bond donors (Lipinski definition) is 2. The van der Waals surface area contributed by atoms with E-state index in [0.29, 0.717) is 31.8 Å². The second-order valence-electron chi connectivity index (χ2n) is 6.41. The number of carbonyl (C=O) groups is 2. The van der Waals surface area contributed by atoms with Crippen molar-refractivity contribution in [3.8, 4) is 5.75 Å². The van der Waals surface area contributed by atoms with Crippen molar-refractivity contribution < 1.29 is 19.8 Å². The van der Waals surface area contributed by atoms with Gasteiger partial charge >= 0.3 is 5.97 Å². The van der Waals surface area contributed by atoms with E-state index in [9.17, 15) is 14.7 Å². The predicted octanol–water partition coefficient (Wildman–Crippen LogP) is 2.38. The van der Waals surface area contributed by atoms with E-state index in [1.165, 1.54) is 0 Å².